The molecule has 0 aromatic heterocycles. The van der Waals surface area contributed by atoms with Crippen molar-refractivity contribution in [1.29, 1.82) is 0 Å². The van der Waals surface area contributed by atoms with Crippen LogP contribution in [-0.2, 0) is 14.3 Å². The van der Waals surface area contributed by atoms with Crippen molar-refractivity contribution in [3.8, 4) is 5.75 Å². The van der Waals surface area contributed by atoms with Crippen LogP contribution >= 0.6 is 0 Å². The molecule has 2 aliphatic heterocycles. The lowest BCUT2D eigenvalue weighted by Gasteiger charge is -2.31. The van der Waals surface area contributed by atoms with Crippen LogP contribution in [0.25, 0.3) is 0 Å². The maximum atomic E-state index is 13.6. The fourth-order valence-corrected chi connectivity index (χ4v) is 4.58. The van der Waals surface area contributed by atoms with Gasteiger partial charge < -0.3 is 14.4 Å². The van der Waals surface area contributed by atoms with Gasteiger partial charge in [-0.2, -0.15) is 5.10 Å². The fraction of sp³-hybridized carbons (Fsp3) is 0.464. The Hall–Kier alpha value is -3.23. The Morgan fingerprint density at radius 3 is 2.42 bits per heavy atom. The summed E-state index contributed by atoms with van der Waals surface area (Å²) in [5, 5.41) is 6.36. The highest BCUT2D eigenvalue weighted by molar-refractivity contribution is 6.03. The van der Waals surface area contributed by atoms with Crippen molar-refractivity contribution in [1.82, 2.24) is 14.8 Å². The van der Waals surface area contributed by atoms with E-state index >= 15 is 0 Å². The lowest BCUT2D eigenvalue weighted by molar-refractivity contribution is -0.141. The van der Waals surface area contributed by atoms with E-state index in [4.69, 9.17) is 14.6 Å². The molecule has 0 N–H and O–H groups in total. The average molecular weight is 493 g/mol. The van der Waals surface area contributed by atoms with Crippen molar-refractivity contribution < 1.29 is 19.1 Å². The molecule has 8 heteroatoms. The van der Waals surface area contributed by atoms with Gasteiger partial charge in [-0.05, 0) is 42.3 Å². The highest BCUT2D eigenvalue weighted by Crippen LogP contribution is 2.33. The number of hydrazone groups is 1. The monoisotopic (exact) mass is 492 g/mol. The number of hydrogen-bond donors (Lipinski definition) is 0. The molecule has 36 heavy (non-hydrogen) atoms. The van der Waals surface area contributed by atoms with Crippen LogP contribution in [0.1, 0.15) is 42.5 Å². The highest BCUT2D eigenvalue weighted by Gasteiger charge is 2.34. The van der Waals surface area contributed by atoms with Crippen LogP contribution in [0.15, 0.2) is 53.6 Å². The Labute approximate surface area is 213 Å². The largest absolute Gasteiger partial charge is 0.497 e. The molecular formula is C28H36N4O4. The van der Waals surface area contributed by atoms with Crippen molar-refractivity contribution in [2.45, 2.75) is 32.7 Å². The standard InChI is InChI=1S/C28H36N4O4/c1-4-27(33)31(14-13-30-15-17-36-18-16-30)20-28(34)32-26(23-7-5-21(2)6-8-23)19-25(29-32)22-9-11-24(35-3)12-10-22/h5-12,26H,4,13-20H2,1-3H3/t26-/m0/s1. The third-order valence-corrected chi connectivity index (χ3v) is 6.82. The summed E-state index contributed by atoms with van der Waals surface area (Å²) in [5.41, 5.74) is 3.99. The second-order valence-electron chi connectivity index (χ2n) is 9.27. The zero-order valence-electron chi connectivity index (χ0n) is 21.5. The number of ether oxygens (including phenoxy) is 2. The van der Waals surface area contributed by atoms with Crippen LogP contribution < -0.4 is 4.74 Å². The molecule has 1 fully saturated rings. The van der Waals surface area contributed by atoms with Crippen LogP contribution in [-0.4, -0.2) is 85.4 Å². The molecule has 2 amide bonds. The van der Waals surface area contributed by atoms with Gasteiger partial charge in [-0.3, -0.25) is 14.5 Å². The minimum absolute atomic E-state index is 0.0127. The van der Waals surface area contributed by atoms with Crippen LogP contribution in [0.5, 0.6) is 5.75 Å². The molecule has 1 atom stereocenters. The number of methoxy groups -OCH3 is 1. The first-order valence-corrected chi connectivity index (χ1v) is 12.7. The maximum absolute atomic E-state index is 13.6. The SMILES string of the molecule is CCC(=O)N(CCN1CCOCC1)CC(=O)N1N=C(c2ccc(OC)cc2)C[C@H]1c1ccc(C)cc1. The molecule has 2 heterocycles. The van der Waals surface area contributed by atoms with Crippen LogP contribution in [0.3, 0.4) is 0 Å². The zero-order valence-corrected chi connectivity index (χ0v) is 21.5. The summed E-state index contributed by atoms with van der Waals surface area (Å²) in [6, 6.07) is 15.7. The van der Waals surface area contributed by atoms with E-state index in [-0.39, 0.29) is 24.4 Å². The van der Waals surface area contributed by atoms with Gasteiger partial charge in [0.2, 0.25) is 5.91 Å². The summed E-state index contributed by atoms with van der Waals surface area (Å²) in [5.74, 6) is 0.573. The van der Waals surface area contributed by atoms with Crippen molar-refractivity contribution in [3.63, 3.8) is 0 Å². The van der Waals surface area contributed by atoms with Crippen molar-refractivity contribution in [2.75, 3.05) is 53.0 Å². The molecule has 0 radical (unpaired) electrons. The lowest BCUT2D eigenvalue weighted by atomic mass is 9.97. The molecular weight excluding hydrogens is 456 g/mol. The molecule has 1 saturated heterocycles. The van der Waals surface area contributed by atoms with Gasteiger partial charge in [0, 0.05) is 39.0 Å². The minimum atomic E-state index is -0.215. The molecule has 8 nitrogen and oxygen atoms in total. The lowest BCUT2D eigenvalue weighted by Crippen LogP contribution is -2.46. The van der Waals surface area contributed by atoms with Crippen LogP contribution in [0.4, 0.5) is 0 Å². The van der Waals surface area contributed by atoms with E-state index < -0.39 is 0 Å². The van der Waals surface area contributed by atoms with Crippen molar-refractivity contribution >= 4 is 17.5 Å². The Morgan fingerprint density at radius 1 is 1.08 bits per heavy atom. The van der Waals surface area contributed by atoms with E-state index in [1.54, 1.807) is 17.0 Å². The molecule has 0 saturated carbocycles. The first kappa shape index (κ1) is 25.9. The summed E-state index contributed by atoms with van der Waals surface area (Å²) < 4.78 is 10.7. The summed E-state index contributed by atoms with van der Waals surface area (Å²) in [7, 11) is 1.64. The number of rotatable bonds is 9. The van der Waals surface area contributed by atoms with E-state index in [1.807, 2.05) is 38.1 Å². The molecule has 2 aliphatic rings. The van der Waals surface area contributed by atoms with Crippen LogP contribution in [0, 0.1) is 6.92 Å². The molecule has 0 unspecified atom stereocenters. The summed E-state index contributed by atoms with van der Waals surface area (Å²) in [6.45, 7) is 8.23. The van der Waals surface area contributed by atoms with E-state index in [2.05, 4.69) is 29.2 Å². The third-order valence-electron chi connectivity index (χ3n) is 6.82. The van der Waals surface area contributed by atoms with E-state index in [0.29, 0.717) is 32.6 Å². The minimum Gasteiger partial charge on any atom is -0.497 e. The first-order valence-electron chi connectivity index (χ1n) is 12.7. The highest BCUT2D eigenvalue weighted by atomic mass is 16.5. The number of aryl methyl sites for hydroxylation is 1. The van der Waals surface area contributed by atoms with Gasteiger partial charge in [0.25, 0.3) is 5.91 Å². The number of carbonyl (C=O) groups is 2. The smallest absolute Gasteiger partial charge is 0.262 e. The van der Waals surface area contributed by atoms with Crippen molar-refractivity contribution in [3.05, 3.63) is 65.2 Å². The molecule has 4 rings (SSSR count). The molecule has 192 valence electrons. The van der Waals surface area contributed by atoms with E-state index in [1.165, 1.54) is 0 Å². The Kier molecular flexibility index (Phi) is 8.72. The van der Waals surface area contributed by atoms with Gasteiger partial charge >= 0.3 is 0 Å². The third kappa shape index (κ3) is 6.30. The van der Waals surface area contributed by atoms with Crippen molar-refractivity contribution in [2.24, 2.45) is 5.10 Å². The molecule has 0 spiro atoms. The summed E-state index contributed by atoms with van der Waals surface area (Å²) in [4.78, 5) is 30.3. The normalized spacial score (nSPS) is 18.1. The fourth-order valence-electron chi connectivity index (χ4n) is 4.58. The summed E-state index contributed by atoms with van der Waals surface area (Å²) in [6.07, 6.45) is 0.967. The van der Waals surface area contributed by atoms with Crippen LogP contribution in [0.2, 0.25) is 0 Å². The van der Waals surface area contributed by atoms with E-state index in [0.717, 1.165) is 47.8 Å². The predicted octanol–water partition coefficient (Wildman–Crippen LogP) is 3.25. The summed E-state index contributed by atoms with van der Waals surface area (Å²) >= 11 is 0. The Balaban J connectivity index is 1.54. The number of nitrogens with zero attached hydrogens (tertiary/aromatic N) is 4. The Morgan fingerprint density at radius 2 is 1.78 bits per heavy atom. The molecule has 2 aromatic carbocycles. The number of hydrogen-bond acceptors (Lipinski definition) is 6. The number of morpholine rings is 1. The van der Waals surface area contributed by atoms with Gasteiger partial charge in [0.15, 0.2) is 0 Å². The predicted molar refractivity (Wildman–Crippen MR) is 139 cm³/mol. The average Bonchev–Trinajstić information content (AvgIpc) is 3.37. The quantitative estimate of drug-likeness (QED) is 0.537. The van der Waals surface area contributed by atoms with Gasteiger partial charge in [-0.25, -0.2) is 5.01 Å². The maximum Gasteiger partial charge on any atom is 0.262 e. The van der Waals surface area contributed by atoms with Gasteiger partial charge in [-0.1, -0.05) is 36.8 Å². The molecule has 2 aromatic rings. The zero-order chi connectivity index (χ0) is 25.5. The number of benzene rings is 2. The van der Waals surface area contributed by atoms with Gasteiger partial charge in [0.05, 0.1) is 32.1 Å². The van der Waals surface area contributed by atoms with Gasteiger partial charge in [-0.15, -0.1) is 0 Å². The first-order chi connectivity index (χ1) is 17.5. The second-order valence-corrected chi connectivity index (χ2v) is 9.27. The topological polar surface area (TPSA) is 74.7 Å². The number of carbonyl (C=O) groups excluding carboxylic acids is 2. The second kappa shape index (κ2) is 12.1. The van der Waals surface area contributed by atoms with E-state index in [9.17, 15) is 9.59 Å². The molecule has 0 bridgehead atoms. The molecule has 0 aliphatic carbocycles. The Bertz CT molecular complexity index is 1060. The number of amides is 2. The van der Waals surface area contributed by atoms with Gasteiger partial charge in [0.1, 0.15) is 12.3 Å².